The van der Waals surface area contributed by atoms with Crippen molar-refractivity contribution in [2.45, 2.75) is 11.3 Å². The molecule has 1 aromatic carbocycles. The number of morpholine rings is 1. The molecule has 116 valence electrons. The van der Waals surface area contributed by atoms with Crippen molar-refractivity contribution in [3.05, 3.63) is 29.3 Å². The number of ether oxygens (including phenoxy) is 1. The van der Waals surface area contributed by atoms with Gasteiger partial charge in [-0.25, -0.2) is 0 Å². The summed E-state index contributed by atoms with van der Waals surface area (Å²) in [7, 11) is 0. The van der Waals surface area contributed by atoms with Gasteiger partial charge in [0.15, 0.2) is 0 Å². The van der Waals surface area contributed by atoms with E-state index in [4.69, 9.17) is 16.3 Å². The Kier molecular flexibility index (Phi) is 7.36. The van der Waals surface area contributed by atoms with Crippen molar-refractivity contribution in [1.29, 1.82) is 0 Å². The van der Waals surface area contributed by atoms with Crippen molar-refractivity contribution in [3.63, 3.8) is 0 Å². The third kappa shape index (κ3) is 6.26. The summed E-state index contributed by atoms with van der Waals surface area (Å²) < 4.78 is 5.29. The summed E-state index contributed by atoms with van der Waals surface area (Å²) >= 11 is 7.69. The fourth-order valence-electron chi connectivity index (χ4n) is 2.08. The summed E-state index contributed by atoms with van der Waals surface area (Å²) in [6, 6.07) is 7.71. The number of amides is 1. The van der Waals surface area contributed by atoms with Gasteiger partial charge in [0.2, 0.25) is 5.91 Å². The number of rotatable bonds is 7. The first kappa shape index (κ1) is 16.6. The van der Waals surface area contributed by atoms with Crippen LogP contribution in [0.2, 0.25) is 5.02 Å². The van der Waals surface area contributed by atoms with Crippen molar-refractivity contribution < 1.29 is 9.53 Å². The van der Waals surface area contributed by atoms with Gasteiger partial charge in [-0.15, -0.1) is 11.8 Å². The molecule has 4 nitrogen and oxygen atoms in total. The van der Waals surface area contributed by atoms with E-state index < -0.39 is 0 Å². The Hall–Kier alpha value is -0.750. The molecule has 1 N–H and O–H groups in total. The lowest BCUT2D eigenvalue weighted by molar-refractivity contribution is -0.120. The fourth-order valence-corrected chi connectivity index (χ4v) is 3.27. The van der Waals surface area contributed by atoms with Gasteiger partial charge >= 0.3 is 0 Å². The first-order chi connectivity index (χ1) is 10.3. The molecule has 21 heavy (non-hydrogen) atoms. The minimum Gasteiger partial charge on any atom is -0.379 e. The van der Waals surface area contributed by atoms with Gasteiger partial charge in [-0.05, 0) is 12.1 Å². The fraction of sp³-hybridized carbons (Fsp3) is 0.533. The van der Waals surface area contributed by atoms with E-state index in [0.29, 0.717) is 13.0 Å². The lowest BCUT2D eigenvalue weighted by Crippen LogP contribution is -2.41. The summed E-state index contributed by atoms with van der Waals surface area (Å²) in [5.41, 5.74) is 0. The predicted molar refractivity (Wildman–Crippen MR) is 87.1 cm³/mol. The Morgan fingerprint density at radius 2 is 2.10 bits per heavy atom. The maximum absolute atomic E-state index is 11.8. The second-order valence-electron chi connectivity index (χ2n) is 4.83. The summed E-state index contributed by atoms with van der Waals surface area (Å²) in [6.45, 7) is 5.10. The van der Waals surface area contributed by atoms with Crippen molar-refractivity contribution in [3.8, 4) is 0 Å². The highest BCUT2D eigenvalue weighted by Crippen LogP contribution is 2.26. The number of carbonyl (C=O) groups excluding carboxylic acids is 1. The average molecular weight is 329 g/mol. The highest BCUT2D eigenvalue weighted by Gasteiger charge is 2.10. The van der Waals surface area contributed by atoms with Crippen molar-refractivity contribution in [2.75, 3.05) is 45.1 Å². The third-order valence-corrected chi connectivity index (χ3v) is 4.79. The van der Waals surface area contributed by atoms with Crippen molar-refractivity contribution >= 4 is 29.3 Å². The number of halogens is 1. The Balaban J connectivity index is 1.56. The van der Waals surface area contributed by atoms with Crippen LogP contribution in [0.15, 0.2) is 29.2 Å². The molecule has 0 atom stereocenters. The zero-order valence-corrected chi connectivity index (χ0v) is 13.6. The zero-order chi connectivity index (χ0) is 14.9. The summed E-state index contributed by atoms with van der Waals surface area (Å²) in [5.74, 6) is 0.843. The van der Waals surface area contributed by atoms with E-state index in [9.17, 15) is 4.79 Å². The quantitative estimate of drug-likeness (QED) is 0.780. The highest BCUT2D eigenvalue weighted by atomic mass is 35.5. The van der Waals surface area contributed by atoms with Gasteiger partial charge in [0.05, 0.1) is 18.2 Å². The minimum atomic E-state index is 0.0998. The Morgan fingerprint density at radius 3 is 2.86 bits per heavy atom. The smallest absolute Gasteiger partial charge is 0.220 e. The van der Waals surface area contributed by atoms with Crippen molar-refractivity contribution in [2.24, 2.45) is 0 Å². The number of nitrogens with one attached hydrogen (secondary N) is 1. The topological polar surface area (TPSA) is 41.6 Å². The molecule has 1 saturated heterocycles. The highest BCUT2D eigenvalue weighted by molar-refractivity contribution is 7.99. The molecule has 1 aliphatic heterocycles. The Labute approximate surface area is 135 Å². The SMILES string of the molecule is O=C(CCSc1ccccc1Cl)NCCN1CCOCC1. The second kappa shape index (κ2) is 9.30. The van der Waals surface area contributed by atoms with Crippen LogP contribution in [-0.2, 0) is 9.53 Å². The predicted octanol–water partition coefficient (Wildman–Crippen LogP) is 2.27. The van der Waals surface area contributed by atoms with E-state index in [1.165, 1.54) is 0 Å². The number of carbonyl (C=O) groups is 1. The third-order valence-electron chi connectivity index (χ3n) is 3.28. The van der Waals surface area contributed by atoms with Gasteiger partial charge in [0.25, 0.3) is 0 Å². The largest absolute Gasteiger partial charge is 0.379 e. The van der Waals surface area contributed by atoms with Crippen LogP contribution in [0.3, 0.4) is 0 Å². The maximum Gasteiger partial charge on any atom is 0.220 e. The Bertz CT molecular complexity index is 453. The summed E-state index contributed by atoms with van der Waals surface area (Å²) in [5, 5.41) is 3.71. The van der Waals surface area contributed by atoms with Crippen LogP contribution >= 0.6 is 23.4 Å². The standard InChI is InChI=1S/C15H21ClN2O2S/c16-13-3-1-2-4-14(13)21-12-5-15(19)17-6-7-18-8-10-20-11-9-18/h1-4H,5-12H2,(H,17,19). The number of nitrogens with zero attached hydrogens (tertiary/aromatic N) is 1. The molecule has 0 aliphatic carbocycles. The number of thioether (sulfide) groups is 1. The average Bonchev–Trinajstić information content (AvgIpc) is 2.50. The lowest BCUT2D eigenvalue weighted by Gasteiger charge is -2.26. The van der Waals surface area contributed by atoms with Gasteiger partial charge < -0.3 is 10.1 Å². The van der Waals surface area contributed by atoms with Crippen LogP contribution < -0.4 is 5.32 Å². The number of benzene rings is 1. The van der Waals surface area contributed by atoms with E-state index in [0.717, 1.165) is 48.5 Å². The zero-order valence-electron chi connectivity index (χ0n) is 12.0. The van der Waals surface area contributed by atoms with E-state index in [2.05, 4.69) is 10.2 Å². The monoisotopic (exact) mass is 328 g/mol. The molecule has 2 rings (SSSR count). The van der Waals surface area contributed by atoms with Crippen LogP contribution in [0.5, 0.6) is 0 Å². The second-order valence-corrected chi connectivity index (χ2v) is 6.38. The summed E-state index contributed by atoms with van der Waals surface area (Å²) in [4.78, 5) is 15.1. The molecule has 0 aromatic heterocycles. The molecule has 0 bridgehead atoms. The van der Waals surface area contributed by atoms with Gasteiger partial charge in [-0.2, -0.15) is 0 Å². The summed E-state index contributed by atoms with van der Waals surface area (Å²) in [6.07, 6.45) is 0.513. The molecule has 0 unspecified atom stereocenters. The molecular weight excluding hydrogens is 308 g/mol. The van der Waals surface area contributed by atoms with E-state index in [-0.39, 0.29) is 5.91 Å². The maximum atomic E-state index is 11.8. The van der Waals surface area contributed by atoms with Crippen LogP contribution in [0, 0.1) is 0 Å². The number of hydrogen-bond acceptors (Lipinski definition) is 4. The molecular formula is C15H21ClN2O2S. The van der Waals surface area contributed by atoms with Crippen LogP contribution in [0.4, 0.5) is 0 Å². The molecule has 1 amide bonds. The Morgan fingerprint density at radius 1 is 1.33 bits per heavy atom. The van der Waals surface area contributed by atoms with E-state index in [1.807, 2.05) is 24.3 Å². The van der Waals surface area contributed by atoms with E-state index in [1.54, 1.807) is 11.8 Å². The van der Waals surface area contributed by atoms with Gasteiger partial charge in [-0.3, -0.25) is 9.69 Å². The molecule has 0 spiro atoms. The van der Waals surface area contributed by atoms with Crippen LogP contribution in [0.25, 0.3) is 0 Å². The minimum absolute atomic E-state index is 0.0998. The van der Waals surface area contributed by atoms with E-state index >= 15 is 0 Å². The molecule has 1 aromatic rings. The van der Waals surface area contributed by atoms with Crippen LogP contribution in [0.1, 0.15) is 6.42 Å². The molecule has 1 fully saturated rings. The lowest BCUT2D eigenvalue weighted by atomic mass is 10.4. The molecule has 6 heteroatoms. The molecule has 1 aliphatic rings. The van der Waals surface area contributed by atoms with Gasteiger partial charge in [-0.1, -0.05) is 23.7 Å². The molecule has 0 radical (unpaired) electrons. The number of hydrogen-bond donors (Lipinski definition) is 1. The van der Waals surface area contributed by atoms with Crippen LogP contribution in [-0.4, -0.2) is 56.0 Å². The normalized spacial score (nSPS) is 15.9. The molecule has 1 heterocycles. The van der Waals surface area contributed by atoms with Gasteiger partial charge in [0.1, 0.15) is 0 Å². The first-order valence-electron chi connectivity index (χ1n) is 7.20. The van der Waals surface area contributed by atoms with Crippen molar-refractivity contribution in [1.82, 2.24) is 10.2 Å². The molecule has 0 saturated carbocycles. The first-order valence-corrected chi connectivity index (χ1v) is 8.56. The van der Waals surface area contributed by atoms with Gasteiger partial charge in [0, 0.05) is 43.2 Å².